The summed E-state index contributed by atoms with van der Waals surface area (Å²) in [6.07, 6.45) is 0. The molecule has 0 aliphatic heterocycles. The minimum absolute atomic E-state index is 0. The number of halogens is 3. The first kappa shape index (κ1) is 20.7. The van der Waals surface area contributed by atoms with Crippen molar-refractivity contribution >= 4 is 28.3 Å². The lowest BCUT2D eigenvalue weighted by molar-refractivity contribution is 0.282. The van der Waals surface area contributed by atoms with Crippen molar-refractivity contribution in [2.24, 2.45) is 0 Å². The van der Waals surface area contributed by atoms with Crippen molar-refractivity contribution in [3.63, 3.8) is 0 Å². The Morgan fingerprint density at radius 3 is 2.38 bits per heavy atom. The number of nitrogens with one attached hydrogen (secondary N) is 1. The molecule has 0 fully saturated rings. The van der Waals surface area contributed by atoms with E-state index >= 15 is 0 Å². The molecule has 0 unspecified atom stereocenters. The van der Waals surface area contributed by atoms with E-state index in [9.17, 15) is 4.39 Å². The minimum atomic E-state index is -0.255. The quantitative estimate of drug-likeness (QED) is 0.679. The highest BCUT2D eigenvalue weighted by Crippen LogP contribution is 2.37. The highest BCUT2D eigenvalue weighted by molar-refractivity contribution is 9.10. The highest BCUT2D eigenvalue weighted by atomic mass is 79.9. The molecular weight excluding hydrogens is 397 g/mol. The summed E-state index contributed by atoms with van der Waals surface area (Å²) in [5, 5.41) is 3.37. The Bertz CT molecular complexity index is 650. The van der Waals surface area contributed by atoms with Gasteiger partial charge in [0.2, 0.25) is 0 Å². The van der Waals surface area contributed by atoms with Gasteiger partial charge in [-0.05, 0) is 51.3 Å². The van der Waals surface area contributed by atoms with E-state index in [1.165, 1.54) is 12.1 Å². The summed E-state index contributed by atoms with van der Waals surface area (Å²) in [6.45, 7) is 5.31. The number of hydrogen-bond acceptors (Lipinski definition) is 3. The lowest BCUT2D eigenvalue weighted by atomic mass is 10.2. The van der Waals surface area contributed by atoms with E-state index in [1.54, 1.807) is 19.2 Å². The third-order valence-electron chi connectivity index (χ3n) is 3.30. The van der Waals surface area contributed by atoms with Crippen molar-refractivity contribution in [1.29, 1.82) is 0 Å². The van der Waals surface area contributed by atoms with Crippen molar-refractivity contribution < 1.29 is 13.9 Å². The maximum Gasteiger partial charge on any atom is 0.175 e. The molecule has 0 bridgehead atoms. The Morgan fingerprint density at radius 1 is 1.12 bits per heavy atom. The monoisotopic (exact) mass is 417 g/mol. The van der Waals surface area contributed by atoms with Crippen LogP contribution in [0.4, 0.5) is 4.39 Å². The van der Waals surface area contributed by atoms with E-state index < -0.39 is 0 Å². The second-order valence-electron chi connectivity index (χ2n) is 5.56. The molecule has 2 rings (SSSR count). The molecule has 24 heavy (non-hydrogen) atoms. The molecule has 0 heterocycles. The van der Waals surface area contributed by atoms with E-state index in [4.69, 9.17) is 9.47 Å². The van der Waals surface area contributed by atoms with Crippen LogP contribution in [-0.4, -0.2) is 13.2 Å². The Hall–Kier alpha value is -1.30. The Kier molecular flexibility index (Phi) is 8.53. The van der Waals surface area contributed by atoms with Crippen LogP contribution in [0.1, 0.15) is 25.0 Å². The van der Waals surface area contributed by atoms with Gasteiger partial charge in [-0.2, -0.15) is 0 Å². The van der Waals surface area contributed by atoms with Crippen molar-refractivity contribution in [2.75, 3.05) is 7.11 Å². The predicted octanol–water partition coefficient (Wildman–Crippen LogP) is 5.10. The van der Waals surface area contributed by atoms with Gasteiger partial charge >= 0.3 is 0 Å². The van der Waals surface area contributed by atoms with Crippen LogP contribution in [0.2, 0.25) is 0 Å². The van der Waals surface area contributed by atoms with E-state index in [0.717, 1.165) is 22.1 Å². The van der Waals surface area contributed by atoms with Gasteiger partial charge in [0, 0.05) is 12.6 Å². The van der Waals surface area contributed by atoms with Gasteiger partial charge in [0.05, 0.1) is 11.6 Å². The van der Waals surface area contributed by atoms with Crippen LogP contribution in [0.25, 0.3) is 0 Å². The zero-order chi connectivity index (χ0) is 16.8. The summed E-state index contributed by atoms with van der Waals surface area (Å²) < 4.78 is 25.1. The summed E-state index contributed by atoms with van der Waals surface area (Å²) >= 11 is 3.54. The first-order valence-electron chi connectivity index (χ1n) is 7.46. The molecule has 0 saturated heterocycles. The second-order valence-corrected chi connectivity index (χ2v) is 6.41. The highest BCUT2D eigenvalue weighted by Gasteiger charge is 2.12. The van der Waals surface area contributed by atoms with Gasteiger partial charge < -0.3 is 14.8 Å². The molecule has 0 aliphatic carbocycles. The summed E-state index contributed by atoms with van der Waals surface area (Å²) in [4.78, 5) is 0. The number of rotatable bonds is 7. The lowest BCUT2D eigenvalue weighted by Gasteiger charge is -2.15. The standard InChI is InChI=1S/C18H21BrFNO2.ClH/c1-12(2)21-10-14-8-16(19)18(17(9-14)22-3)23-11-13-4-6-15(20)7-5-13;/h4-9,12,21H,10-11H2,1-3H3;1H. The first-order chi connectivity index (χ1) is 11.0. The molecule has 0 aliphatic rings. The SMILES string of the molecule is COc1cc(CNC(C)C)cc(Br)c1OCc1ccc(F)cc1.Cl. The molecule has 0 spiro atoms. The smallest absolute Gasteiger partial charge is 0.175 e. The Balaban J connectivity index is 0.00000288. The zero-order valence-electron chi connectivity index (χ0n) is 13.9. The van der Waals surface area contributed by atoms with Crippen molar-refractivity contribution in [1.82, 2.24) is 5.32 Å². The van der Waals surface area contributed by atoms with Gasteiger partial charge in [0.1, 0.15) is 12.4 Å². The number of hydrogen-bond donors (Lipinski definition) is 1. The summed E-state index contributed by atoms with van der Waals surface area (Å²) in [6, 6.07) is 10.6. The average Bonchev–Trinajstić information content (AvgIpc) is 2.53. The molecule has 0 radical (unpaired) electrons. The molecule has 2 aromatic carbocycles. The molecule has 6 heteroatoms. The fraction of sp³-hybridized carbons (Fsp3) is 0.333. The third kappa shape index (κ3) is 5.96. The summed E-state index contributed by atoms with van der Waals surface area (Å²) in [5.74, 6) is 1.06. The summed E-state index contributed by atoms with van der Waals surface area (Å²) in [5.41, 5.74) is 2.00. The molecule has 1 N–H and O–H groups in total. The van der Waals surface area contributed by atoms with Gasteiger partial charge in [0.15, 0.2) is 11.5 Å². The number of ether oxygens (including phenoxy) is 2. The maximum absolute atomic E-state index is 12.9. The van der Waals surface area contributed by atoms with Crippen LogP contribution in [0.5, 0.6) is 11.5 Å². The predicted molar refractivity (Wildman–Crippen MR) is 101 cm³/mol. The maximum atomic E-state index is 12.9. The number of methoxy groups -OCH3 is 1. The largest absolute Gasteiger partial charge is 0.493 e. The molecule has 0 aromatic heterocycles. The van der Waals surface area contributed by atoms with E-state index in [2.05, 4.69) is 35.1 Å². The van der Waals surface area contributed by atoms with Gasteiger partial charge in [-0.15, -0.1) is 12.4 Å². The van der Waals surface area contributed by atoms with E-state index in [0.29, 0.717) is 24.1 Å². The average molecular weight is 419 g/mol. The normalized spacial score (nSPS) is 10.4. The fourth-order valence-electron chi connectivity index (χ4n) is 2.07. The molecule has 132 valence electrons. The van der Waals surface area contributed by atoms with E-state index in [-0.39, 0.29) is 18.2 Å². The molecule has 3 nitrogen and oxygen atoms in total. The van der Waals surface area contributed by atoms with Crippen molar-refractivity contribution in [2.45, 2.75) is 33.0 Å². The lowest BCUT2D eigenvalue weighted by Crippen LogP contribution is -2.21. The van der Waals surface area contributed by atoms with Crippen molar-refractivity contribution in [3.8, 4) is 11.5 Å². The van der Waals surface area contributed by atoms with E-state index in [1.807, 2.05) is 12.1 Å². The molecule has 0 amide bonds. The van der Waals surface area contributed by atoms with Crippen LogP contribution in [0.15, 0.2) is 40.9 Å². The molecule has 0 saturated carbocycles. The topological polar surface area (TPSA) is 30.5 Å². The van der Waals surface area contributed by atoms with Gasteiger partial charge in [-0.1, -0.05) is 26.0 Å². The van der Waals surface area contributed by atoms with Crippen molar-refractivity contribution in [3.05, 3.63) is 57.8 Å². The Morgan fingerprint density at radius 2 is 1.79 bits per heavy atom. The van der Waals surface area contributed by atoms with Crippen LogP contribution in [-0.2, 0) is 13.2 Å². The third-order valence-corrected chi connectivity index (χ3v) is 3.89. The zero-order valence-corrected chi connectivity index (χ0v) is 16.3. The van der Waals surface area contributed by atoms with Gasteiger partial charge in [-0.25, -0.2) is 4.39 Å². The minimum Gasteiger partial charge on any atom is -0.493 e. The summed E-state index contributed by atoms with van der Waals surface area (Å²) in [7, 11) is 1.62. The molecule has 0 atom stereocenters. The fourth-order valence-corrected chi connectivity index (χ4v) is 2.68. The molecular formula is C18H22BrClFNO2. The van der Waals surface area contributed by atoms with Gasteiger partial charge in [0.25, 0.3) is 0 Å². The second kappa shape index (κ2) is 9.87. The van der Waals surface area contributed by atoms with Gasteiger partial charge in [-0.3, -0.25) is 0 Å². The van der Waals surface area contributed by atoms with Crippen LogP contribution >= 0.6 is 28.3 Å². The Labute approximate surface area is 157 Å². The first-order valence-corrected chi connectivity index (χ1v) is 8.26. The van der Waals surface area contributed by atoms with Crippen LogP contribution in [0.3, 0.4) is 0 Å². The number of benzene rings is 2. The van der Waals surface area contributed by atoms with Crippen LogP contribution < -0.4 is 14.8 Å². The van der Waals surface area contributed by atoms with Crippen LogP contribution in [0, 0.1) is 5.82 Å². The molecule has 2 aromatic rings.